The van der Waals surface area contributed by atoms with E-state index in [2.05, 4.69) is 15.4 Å². The SMILES string of the molecule is Cc1nnc(N2CCCC(C)(O)CC2)c(C(N)=NO)c1C. The third-order valence-corrected chi connectivity index (χ3v) is 4.16. The predicted molar refractivity (Wildman–Crippen MR) is 80.7 cm³/mol. The number of aromatic nitrogens is 2. The molecule has 4 N–H and O–H groups in total. The van der Waals surface area contributed by atoms with Crippen molar-refractivity contribution in [2.45, 2.75) is 45.6 Å². The van der Waals surface area contributed by atoms with Crippen LogP contribution in [0.4, 0.5) is 5.82 Å². The van der Waals surface area contributed by atoms with Crippen molar-refractivity contribution in [3.63, 3.8) is 0 Å². The first-order chi connectivity index (χ1) is 9.85. The molecule has 2 rings (SSSR count). The molecule has 1 aromatic heterocycles. The quantitative estimate of drug-likeness (QED) is 0.324. The van der Waals surface area contributed by atoms with Gasteiger partial charge in [0.15, 0.2) is 11.7 Å². The number of oxime groups is 1. The minimum Gasteiger partial charge on any atom is -0.409 e. The van der Waals surface area contributed by atoms with Gasteiger partial charge in [-0.3, -0.25) is 0 Å². The Labute approximate surface area is 124 Å². The summed E-state index contributed by atoms with van der Waals surface area (Å²) in [5, 5.41) is 30.7. The summed E-state index contributed by atoms with van der Waals surface area (Å²) in [6.45, 7) is 7.00. The Kier molecular flexibility index (Phi) is 4.32. The minimum absolute atomic E-state index is 0.0384. The summed E-state index contributed by atoms with van der Waals surface area (Å²) in [4.78, 5) is 2.05. The van der Waals surface area contributed by atoms with Crippen molar-refractivity contribution < 1.29 is 10.3 Å². The molecule has 7 heteroatoms. The lowest BCUT2D eigenvalue weighted by atomic mass is 9.98. The van der Waals surface area contributed by atoms with Crippen molar-refractivity contribution in [1.82, 2.24) is 10.2 Å². The smallest absolute Gasteiger partial charge is 0.174 e. The van der Waals surface area contributed by atoms with E-state index in [1.807, 2.05) is 25.7 Å². The van der Waals surface area contributed by atoms with Gasteiger partial charge < -0.3 is 20.9 Å². The number of aryl methyl sites for hydroxylation is 1. The Hall–Kier alpha value is -1.89. The summed E-state index contributed by atoms with van der Waals surface area (Å²) >= 11 is 0. The van der Waals surface area contributed by atoms with Crippen LogP contribution in [0.5, 0.6) is 0 Å². The van der Waals surface area contributed by atoms with Crippen LogP contribution in [0, 0.1) is 13.8 Å². The Balaban J connectivity index is 2.42. The fourth-order valence-corrected chi connectivity index (χ4v) is 2.65. The molecule has 1 fully saturated rings. The standard InChI is InChI=1S/C14H23N5O2/c1-9-10(2)16-17-13(11(9)12(15)18-21)19-7-4-5-14(3,20)6-8-19/h20-21H,4-8H2,1-3H3,(H2,15,18). The molecule has 0 radical (unpaired) electrons. The Bertz CT molecular complexity index is 557. The molecule has 116 valence electrons. The van der Waals surface area contributed by atoms with Crippen LogP contribution >= 0.6 is 0 Å². The topological polar surface area (TPSA) is 108 Å². The number of amidine groups is 1. The number of aliphatic hydroxyl groups is 1. The molecule has 2 heterocycles. The molecule has 1 aliphatic rings. The second kappa shape index (κ2) is 5.85. The van der Waals surface area contributed by atoms with Gasteiger partial charge in [0, 0.05) is 13.1 Å². The van der Waals surface area contributed by atoms with Gasteiger partial charge in [0.1, 0.15) is 0 Å². The first-order valence-corrected chi connectivity index (χ1v) is 7.15. The van der Waals surface area contributed by atoms with Crippen molar-refractivity contribution in [1.29, 1.82) is 0 Å². The van der Waals surface area contributed by atoms with E-state index in [-0.39, 0.29) is 5.84 Å². The lowest BCUT2D eigenvalue weighted by Crippen LogP contribution is -2.32. The van der Waals surface area contributed by atoms with Gasteiger partial charge in [-0.15, -0.1) is 5.10 Å². The van der Waals surface area contributed by atoms with E-state index < -0.39 is 5.60 Å². The van der Waals surface area contributed by atoms with Crippen LogP contribution in [-0.4, -0.2) is 45.0 Å². The van der Waals surface area contributed by atoms with E-state index in [4.69, 9.17) is 10.9 Å². The summed E-state index contributed by atoms with van der Waals surface area (Å²) in [5.41, 5.74) is 7.39. The molecular weight excluding hydrogens is 270 g/mol. The van der Waals surface area contributed by atoms with Crippen LogP contribution < -0.4 is 10.6 Å². The number of nitrogens with two attached hydrogens (primary N) is 1. The molecule has 7 nitrogen and oxygen atoms in total. The van der Waals surface area contributed by atoms with Crippen molar-refractivity contribution in [3.05, 3.63) is 16.8 Å². The number of hydrogen-bond donors (Lipinski definition) is 3. The lowest BCUT2D eigenvalue weighted by molar-refractivity contribution is 0.0481. The third-order valence-electron chi connectivity index (χ3n) is 4.16. The van der Waals surface area contributed by atoms with Gasteiger partial charge in [-0.1, -0.05) is 5.16 Å². The predicted octanol–water partition coefficient (Wildman–Crippen LogP) is 0.929. The fourth-order valence-electron chi connectivity index (χ4n) is 2.65. The molecule has 0 aliphatic carbocycles. The van der Waals surface area contributed by atoms with Crippen LogP contribution in [0.25, 0.3) is 0 Å². The minimum atomic E-state index is -0.654. The molecule has 0 aromatic carbocycles. The Morgan fingerprint density at radius 1 is 1.29 bits per heavy atom. The van der Waals surface area contributed by atoms with E-state index in [9.17, 15) is 5.11 Å². The second-order valence-corrected chi connectivity index (χ2v) is 5.93. The first-order valence-electron chi connectivity index (χ1n) is 7.15. The Morgan fingerprint density at radius 2 is 2.00 bits per heavy atom. The summed E-state index contributed by atoms with van der Waals surface area (Å²) in [5.74, 6) is 0.655. The highest BCUT2D eigenvalue weighted by molar-refractivity contribution is 6.02. The molecule has 1 aliphatic heterocycles. The maximum Gasteiger partial charge on any atom is 0.174 e. The largest absolute Gasteiger partial charge is 0.409 e. The van der Waals surface area contributed by atoms with Gasteiger partial charge in [-0.2, -0.15) is 5.10 Å². The average molecular weight is 293 g/mol. The summed E-state index contributed by atoms with van der Waals surface area (Å²) < 4.78 is 0. The van der Waals surface area contributed by atoms with Crippen LogP contribution in [0.3, 0.4) is 0 Å². The van der Waals surface area contributed by atoms with Gasteiger partial charge in [-0.05, 0) is 45.6 Å². The molecule has 1 atom stereocenters. The zero-order valence-electron chi connectivity index (χ0n) is 12.8. The van der Waals surface area contributed by atoms with Crippen LogP contribution in [-0.2, 0) is 0 Å². The highest BCUT2D eigenvalue weighted by Gasteiger charge is 2.28. The molecular formula is C14H23N5O2. The molecule has 0 saturated carbocycles. The van der Waals surface area contributed by atoms with Crippen LogP contribution in [0.1, 0.15) is 43.0 Å². The highest BCUT2D eigenvalue weighted by atomic mass is 16.4. The van der Waals surface area contributed by atoms with E-state index >= 15 is 0 Å². The lowest BCUT2D eigenvalue weighted by Gasteiger charge is -2.25. The maximum absolute atomic E-state index is 10.2. The molecule has 0 spiro atoms. The van der Waals surface area contributed by atoms with Gasteiger partial charge >= 0.3 is 0 Å². The van der Waals surface area contributed by atoms with Gasteiger partial charge in [0.05, 0.1) is 16.9 Å². The number of nitrogens with zero attached hydrogens (tertiary/aromatic N) is 4. The number of anilines is 1. The summed E-state index contributed by atoms with van der Waals surface area (Å²) in [6, 6.07) is 0. The molecule has 0 bridgehead atoms. The molecule has 0 amide bonds. The maximum atomic E-state index is 10.2. The van der Waals surface area contributed by atoms with E-state index in [0.29, 0.717) is 24.3 Å². The van der Waals surface area contributed by atoms with Gasteiger partial charge in [-0.25, -0.2) is 0 Å². The zero-order chi connectivity index (χ0) is 15.6. The molecule has 21 heavy (non-hydrogen) atoms. The normalized spacial score (nSPS) is 24.0. The number of rotatable bonds is 2. The Morgan fingerprint density at radius 3 is 2.67 bits per heavy atom. The molecule has 1 saturated heterocycles. The fraction of sp³-hybridized carbons (Fsp3) is 0.643. The van der Waals surface area contributed by atoms with Crippen LogP contribution in [0.15, 0.2) is 5.16 Å². The first kappa shape index (κ1) is 15.5. The van der Waals surface area contributed by atoms with E-state index in [1.54, 1.807) is 0 Å². The molecule has 1 unspecified atom stereocenters. The van der Waals surface area contributed by atoms with Gasteiger partial charge in [0.25, 0.3) is 0 Å². The van der Waals surface area contributed by atoms with Crippen molar-refractivity contribution in [3.8, 4) is 0 Å². The summed E-state index contributed by atoms with van der Waals surface area (Å²) in [6.07, 6.45) is 2.26. The van der Waals surface area contributed by atoms with Crippen LogP contribution in [0.2, 0.25) is 0 Å². The zero-order valence-corrected chi connectivity index (χ0v) is 12.8. The van der Waals surface area contributed by atoms with Gasteiger partial charge in [0.2, 0.25) is 0 Å². The van der Waals surface area contributed by atoms with Crippen molar-refractivity contribution >= 4 is 11.7 Å². The van der Waals surface area contributed by atoms with E-state index in [1.165, 1.54) is 0 Å². The monoisotopic (exact) mass is 293 g/mol. The third kappa shape index (κ3) is 3.24. The van der Waals surface area contributed by atoms with E-state index in [0.717, 1.165) is 30.6 Å². The second-order valence-electron chi connectivity index (χ2n) is 5.93. The van der Waals surface area contributed by atoms with Crippen molar-refractivity contribution in [2.75, 3.05) is 18.0 Å². The summed E-state index contributed by atoms with van der Waals surface area (Å²) in [7, 11) is 0. The molecule has 1 aromatic rings. The van der Waals surface area contributed by atoms with Crippen molar-refractivity contribution in [2.24, 2.45) is 10.9 Å². The highest BCUT2D eigenvalue weighted by Crippen LogP contribution is 2.27. The average Bonchev–Trinajstić information content (AvgIpc) is 2.62. The number of hydrogen-bond acceptors (Lipinski definition) is 6.